The minimum Gasteiger partial charge on any atom is -0.455 e. The van der Waals surface area contributed by atoms with Gasteiger partial charge in [0.25, 0.3) is 0 Å². The minimum atomic E-state index is 0.865. The third kappa shape index (κ3) is 4.32. The number of benzene rings is 9. The number of ether oxygens (including phenoxy) is 1. The molecule has 9 aromatic carbocycles. The van der Waals surface area contributed by atoms with E-state index in [1.165, 1.54) is 60.0 Å². The molecule has 0 unspecified atom stereocenters. The molecule has 0 saturated heterocycles. The van der Waals surface area contributed by atoms with Crippen LogP contribution in [0.5, 0.6) is 11.5 Å². The number of hydrogen-bond acceptors (Lipinski definition) is 1. The molecule has 0 fully saturated rings. The number of fused-ring (bicyclic) bond motifs is 5. The van der Waals surface area contributed by atoms with Crippen LogP contribution in [0.4, 0.5) is 0 Å². The van der Waals surface area contributed by atoms with Gasteiger partial charge in [0.15, 0.2) is 0 Å². The monoisotopic (exact) mass is 572 g/mol. The van der Waals surface area contributed by atoms with Gasteiger partial charge < -0.3 is 4.74 Å². The zero-order valence-corrected chi connectivity index (χ0v) is 24.6. The van der Waals surface area contributed by atoms with Crippen molar-refractivity contribution in [3.05, 3.63) is 170 Å². The first-order valence-corrected chi connectivity index (χ1v) is 15.4. The lowest BCUT2D eigenvalue weighted by molar-refractivity contribution is 0.499. The summed E-state index contributed by atoms with van der Waals surface area (Å²) in [5, 5.41) is 11.8. The Morgan fingerprint density at radius 1 is 0.289 bits per heavy atom. The van der Waals surface area contributed by atoms with E-state index in [9.17, 15) is 0 Å². The van der Waals surface area contributed by atoms with Gasteiger partial charge >= 0.3 is 0 Å². The summed E-state index contributed by atoms with van der Waals surface area (Å²) in [6, 6.07) is 60.8. The predicted molar refractivity (Wildman–Crippen MR) is 191 cm³/mol. The summed E-state index contributed by atoms with van der Waals surface area (Å²) in [5.74, 6) is 1.76. The molecule has 0 radical (unpaired) electrons. The lowest BCUT2D eigenvalue weighted by atomic mass is 9.90. The Hall–Kier alpha value is -5.92. The fourth-order valence-electron chi connectivity index (χ4n) is 6.85. The van der Waals surface area contributed by atoms with Gasteiger partial charge in [-0.3, -0.25) is 0 Å². The second-order valence-electron chi connectivity index (χ2n) is 11.7. The Balaban J connectivity index is 1.20. The highest BCUT2D eigenvalue weighted by Crippen LogP contribution is 2.46. The highest BCUT2D eigenvalue weighted by molar-refractivity contribution is 6.17. The molecule has 210 valence electrons. The van der Waals surface area contributed by atoms with Crippen molar-refractivity contribution in [3.8, 4) is 33.8 Å². The van der Waals surface area contributed by atoms with Crippen molar-refractivity contribution >= 4 is 53.9 Å². The van der Waals surface area contributed by atoms with Gasteiger partial charge in [-0.2, -0.15) is 0 Å². The van der Waals surface area contributed by atoms with Gasteiger partial charge in [-0.15, -0.1) is 0 Å². The molecule has 45 heavy (non-hydrogen) atoms. The third-order valence-corrected chi connectivity index (χ3v) is 9.06. The van der Waals surface area contributed by atoms with Crippen molar-refractivity contribution in [3.63, 3.8) is 0 Å². The fourth-order valence-corrected chi connectivity index (χ4v) is 6.85. The molecule has 1 nitrogen and oxygen atoms in total. The van der Waals surface area contributed by atoms with Gasteiger partial charge in [0.2, 0.25) is 0 Å². The van der Waals surface area contributed by atoms with E-state index >= 15 is 0 Å². The van der Waals surface area contributed by atoms with Gasteiger partial charge in [0.05, 0.1) is 0 Å². The van der Waals surface area contributed by atoms with E-state index in [0.717, 1.165) is 27.7 Å². The smallest absolute Gasteiger partial charge is 0.143 e. The maximum absolute atomic E-state index is 6.86. The third-order valence-electron chi connectivity index (χ3n) is 9.06. The van der Waals surface area contributed by atoms with Gasteiger partial charge in [0.1, 0.15) is 11.5 Å². The standard InChI is InChI=1S/C44H28O/c1-2-12-31-26-32(21-20-29(31)10-1)33-22-23-35-28-36(25-24-34(35)27-33)43-38-15-5-7-17-40(38)44(41-18-8-6-16-39(41)43)45-42-19-9-13-30-11-3-4-14-37(30)42/h1-28H. The first-order valence-electron chi connectivity index (χ1n) is 15.4. The first-order chi connectivity index (χ1) is 22.3. The van der Waals surface area contributed by atoms with Gasteiger partial charge in [-0.25, -0.2) is 0 Å². The summed E-state index contributed by atoms with van der Waals surface area (Å²) in [6.07, 6.45) is 0. The van der Waals surface area contributed by atoms with Gasteiger partial charge in [-0.05, 0) is 84.2 Å². The van der Waals surface area contributed by atoms with Crippen molar-refractivity contribution in [1.29, 1.82) is 0 Å². The van der Waals surface area contributed by atoms with Crippen LogP contribution in [0.15, 0.2) is 170 Å². The molecular weight excluding hydrogens is 544 g/mol. The topological polar surface area (TPSA) is 9.23 Å². The zero-order valence-electron chi connectivity index (χ0n) is 24.6. The summed E-state index contributed by atoms with van der Waals surface area (Å²) in [5.41, 5.74) is 4.89. The molecule has 0 saturated carbocycles. The number of hydrogen-bond donors (Lipinski definition) is 0. The predicted octanol–water partition coefficient (Wildman–Crippen LogP) is 12.6. The van der Waals surface area contributed by atoms with Crippen molar-refractivity contribution in [1.82, 2.24) is 0 Å². The van der Waals surface area contributed by atoms with Crippen LogP contribution in [0, 0.1) is 0 Å². The van der Waals surface area contributed by atoms with Gasteiger partial charge in [0, 0.05) is 16.2 Å². The average molecular weight is 573 g/mol. The summed E-state index contributed by atoms with van der Waals surface area (Å²) in [7, 11) is 0. The van der Waals surface area contributed by atoms with Crippen LogP contribution in [-0.4, -0.2) is 0 Å². The highest BCUT2D eigenvalue weighted by Gasteiger charge is 2.18. The molecule has 0 amide bonds. The maximum Gasteiger partial charge on any atom is 0.143 e. The molecule has 9 rings (SSSR count). The van der Waals surface area contributed by atoms with E-state index in [4.69, 9.17) is 4.74 Å². The summed E-state index contributed by atoms with van der Waals surface area (Å²) in [4.78, 5) is 0. The van der Waals surface area contributed by atoms with Crippen molar-refractivity contribution in [2.24, 2.45) is 0 Å². The molecule has 0 aliphatic heterocycles. The second-order valence-corrected chi connectivity index (χ2v) is 11.7. The van der Waals surface area contributed by atoms with Crippen LogP contribution in [-0.2, 0) is 0 Å². The van der Waals surface area contributed by atoms with Crippen LogP contribution in [0.25, 0.3) is 76.1 Å². The van der Waals surface area contributed by atoms with Gasteiger partial charge in [-0.1, -0.05) is 146 Å². The van der Waals surface area contributed by atoms with Crippen LogP contribution in [0.2, 0.25) is 0 Å². The molecule has 0 atom stereocenters. The Bertz CT molecular complexity index is 2510. The zero-order chi connectivity index (χ0) is 29.7. The molecule has 0 heterocycles. The average Bonchev–Trinajstić information content (AvgIpc) is 3.11. The summed E-state index contributed by atoms with van der Waals surface area (Å²) < 4.78 is 6.86. The van der Waals surface area contributed by atoms with Crippen LogP contribution in [0.3, 0.4) is 0 Å². The molecule has 0 spiro atoms. The highest BCUT2D eigenvalue weighted by atomic mass is 16.5. The molecule has 0 aromatic heterocycles. The Morgan fingerprint density at radius 2 is 0.733 bits per heavy atom. The van der Waals surface area contributed by atoms with E-state index in [1.807, 2.05) is 0 Å². The van der Waals surface area contributed by atoms with E-state index in [1.54, 1.807) is 0 Å². The maximum atomic E-state index is 6.86. The lowest BCUT2D eigenvalue weighted by Gasteiger charge is -2.18. The van der Waals surface area contributed by atoms with Crippen molar-refractivity contribution in [2.45, 2.75) is 0 Å². The largest absolute Gasteiger partial charge is 0.455 e. The number of rotatable bonds is 4. The van der Waals surface area contributed by atoms with E-state index < -0.39 is 0 Å². The van der Waals surface area contributed by atoms with E-state index in [0.29, 0.717) is 0 Å². The van der Waals surface area contributed by atoms with Crippen molar-refractivity contribution in [2.75, 3.05) is 0 Å². The first kappa shape index (κ1) is 25.6. The molecule has 9 aromatic rings. The van der Waals surface area contributed by atoms with E-state index in [2.05, 4.69) is 170 Å². The quantitative estimate of drug-likeness (QED) is 0.191. The van der Waals surface area contributed by atoms with Crippen molar-refractivity contribution < 1.29 is 4.74 Å². The Morgan fingerprint density at radius 3 is 1.40 bits per heavy atom. The normalized spacial score (nSPS) is 11.6. The van der Waals surface area contributed by atoms with Crippen LogP contribution >= 0.6 is 0 Å². The molecule has 1 heteroatoms. The lowest BCUT2D eigenvalue weighted by Crippen LogP contribution is -1.93. The molecule has 0 N–H and O–H groups in total. The molecule has 0 aliphatic carbocycles. The molecular formula is C44H28O. The summed E-state index contributed by atoms with van der Waals surface area (Å²) in [6.45, 7) is 0. The fraction of sp³-hybridized carbons (Fsp3) is 0. The molecule has 0 bridgehead atoms. The molecule has 0 aliphatic rings. The minimum absolute atomic E-state index is 0.865. The van der Waals surface area contributed by atoms with Crippen LogP contribution in [0.1, 0.15) is 0 Å². The Kier molecular flexibility index (Phi) is 5.89. The second kappa shape index (κ2) is 10.4. The summed E-state index contributed by atoms with van der Waals surface area (Å²) >= 11 is 0. The SMILES string of the molecule is c1ccc2cc(-c3ccc4cc(-c5c6ccccc6c(Oc6cccc7ccccc67)c6ccccc56)ccc4c3)ccc2c1. The van der Waals surface area contributed by atoms with E-state index in [-0.39, 0.29) is 0 Å². The van der Waals surface area contributed by atoms with Crippen LogP contribution < -0.4 is 4.74 Å². The Labute approximate surface area is 261 Å².